The lowest BCUT2D eigenvalue weighted by molar-refractivity contribution is -0.120. The molecule has 0 spiro atoms. The predicted molar refractivity (Wildman–Crippen MR) is 145 cm³/mol. The Bertz CT molecular complexity index is 875. The minimum atomic E-state index is -0.555. The second-order valence-corrected chi connectivity index (χ2v) is 10.2. The molecule has 0 radical (unpaired) electrons. The van der Waals surface area contributed by atoms with Crippen LogP contribution in [0.25, 0.3) is 0 Å². The zero-order chi connectivity index (χ0) is 26.5. The number of urea groups is 1. The van der Waals surface area contributed by atoms with Gasteiger partial charge in [-0.25, -0.2) is 9.18 Å². The van der Waals surface area contributed by atoms with Crippen LogP contribution in [0.3, 0.4) is 0 Å². The van der Waals surface area contributed by atoms with E-state index < -0.39 is 11.9 Å². The van der Waals surface area contributed by atoms with E-state index in [0.29, 0.717) is 18.3 Å². The van der Waals surface area contributed by atoms with Crippen LogP contribution >= 0.6 is 0 Å². The molecule has 2 atom stereocenters. The maximum atomic E-state index is 13.0. The van der Waals surface area contributed by atoms with Crippen molar-refractivity contribution in [3.63, 3.8) is 0 Å². The van der Waals surface area contributed by atoms with Crippen molar-refractivity contribution in [3.8, 4) is 0 Å². The number of likely N-dealkylation sites (tertiary alicyclic amines) is 1. The second-order valence-electron chi connectivity index (χ2n) is 10.2. The van der Waals surface area contributed by atoms with Crippen LogP contribution in [0.4, 0.5) is 9.18 Å². The van der Waals surface area contributed by atoms with Crippen LogP contribution in [0.2, 0.25) is 0 Å². The van der Waals surface area contributed by atoms with Gasteiger partial charge in [-0.05, 0) is 61.8 Å². The van der Waals surface area contributed by atoms with Crippen LogP contribution in [0.5, 0.6) is 0 Å². The summed E-state index contributed by atoms with van der Waals surface area (Å²) in [6, 6.07) is 14.8. The van der Waals surface area contributed by atoms with Crippen LogP contribution in [0.15, 0.2) is 48.5 Å². The summed E-state index contributed by atoms with van der Waals surface area (Å²) in [7, 11) is 0. The van der Waals surface area contributed by atoms with E-state index in [2.05, 4.69) is 43.4 Å². The highest BCUT2D eigenvalue weighted by Crippen LogP contribution is 2.29. The summed E-state index contributed by atoms with van der Waals surface area (Å²) in [4.78, 5) is 25.2. The van der Waals surface area contributed by atoms with Crippen LogP contribution < -0.4 is 11.1 Å². The molecule has 3 rings (SSSR count). The quantitative estimate of drug-likeness (QED) is 0.435. The number of nitrogens with two attached hydrogens (primary N) is 1. The molecular weight excluding hydrogens is 453 g/mol. The van der Waals surface area contributed by atoms with Crippen LogP contribution in [0.1, 0.15) is 88.3 Å². The van der Waals surface area contributed by atoms with E-state index in [1.807, 2.05) is 26.0 Å². The van der Waals surface area contributed by atoms with E-state index >= 15 is 0 Å². The summed E-state index contributed by atoms with van der Waals surface area (Å²) in [5.41, 5.74) is 9.10. The third kappa shape index (κ3) is 10.00. The molecule has 1 saturated heterocycles. The first-order valence-corrected chi connectivity index (χ1v) is 13.4. The Labute approximate surface area is 216 Å². The molecule has 198 valence electrons. The summed E-state index contributed by atoms with van der Waals surface area (Å²) in [6.45, 7) is 9.85. The predicted octanol–water partition coefficient (Wildman–Crippen LogP) is 6.54. The third-order valence-corrected chi connectivity index (χ3v) is 6.57. The molecule has 1 aliphatic rings. The van der Waals surface area contributed by atoms with Gasteiger partial charge in [0.25, 0.3) is 0 Å². The fraction of sp³-hybridized carbons (Fsp3) is 0.533. The lowest BCUT2D eigenvalue weighted by Gasteiger charge is -2.24. The van der Waals surface area contributed by atoms with Gasteiger partial charge < -0.3 is 16.0 Å². The molecule has 0 saturated carbocycles. The Morgan fingerprint density at radius 3 is 1.94 bits per heavy atom. The van der Waals surface area contributed by atoms with Crippen molar-refractivity contribution >= 4 is 11.9 Å². The highest BCUT2D eigenvalue weighted by Gasteiger charge is 2.23. The Kier molecular flexibility index (Phi) is 12.4. The van der Waals surface area contributed by atoms with Gasteiger partial charge in [-0.1, -0.05) is 82.0 Å². The first-order chi connectivity index (χ1) is 17.2. The number of benzene rings is 2. The average molecular weight is 498 g/mol. The number of nitrogens with one attached hydrogen (secondary N) is 1. The van der Waals surface area contributed by atoms with Crippen LogP contribution in [0, 0.1) is 18.7 Å². The average Bonchev–Trinajstić information content (AvgIpc) is 3.13. The number of nitrogens with zero attached hydrogens (tertiary/aromatic N) is 1. The third-order valence-electron chi connectivity index (χ3n) is 6.57. The van der Waals surface area contributed by atoms with E-state index in [0.717, 1.165) is 38.8 Å². The smallest absolute Gasteiger partial charge is 0.318 e. The summed E-state index contributed by atoms with van der Waals surface area (Å²) < 4.78 is 13.0. The SMILES string of the molecule is CC(C)CC(NC(=O)N1CCCCCC1)C(N)=O.CCCC(c1ccc(C)cc1)c1ccc(F)cc1. The van der Waals surface area contributed by atoms with Crippen LogP contribution in [-0.4, -0.2) is 36.0 Å². The van der Waals surface area contributed by atoms with Gasteiger partial charge in [-0.15, -0.1) is 0 Å². The van der Waals surface area contributed by atoms with E-state index in [1.54, 1.807) is 17.0 Å². The van der Waals surface area contributed by atoms with Crippen molar-refractivity contribution < 1.29 is 14.0 Å². The van der Waals surface area contributed by atoms with Crippen molar-refractivity contribution in [3.05, 3.63) is 71.0 Å². The number of amides is 3. The largest absolute Gasteiger partial charge is 0.368 e. The molecule has 3 N–H and O–H groups in total. The highest BCUT2D eigenvalue weighted by atomic mass is 19.1. The minimum absolute atomic E-state index is 0.152. The summed E-state index contributed by atoms with van der Waals surface area (Å²) >= 11 is 0. The lowest BCUT2D eigenvalue weighted by atomic mass is 9.87. The van der Waals surface area contributed by atoms with Gasteiger partial charge >= 0.3 is 6.03 Å². The number of hydrogen-bond acceptors (Lipinski definition) is 2. The summed E-state index contributed by atoms with van der Waals surface area (Å²) in [5.74, 6) is 0.0768. The molecule has 1 aliphatic heterocycles. The summed E-state index contributed by atoms with van der Waals surface area (Å²) in [6.07, 6.45) is 7.24. The van der Waals surface area contributed by atoms with Gasteiger partial charge in [0.15, 0.2) is 0 Å². The molecule has 2 unspecified atom stereocenters. The first-order valence-electron chi connectivity index (χ1n) is 13.4. The summed E-state index contributed by atoms with van der Waals surface area (Å²) in [5, 5.41) is 2.76. The van der Waals surface area contributed by atoms with Crippen LogP contribution in [-0.2, 0) is 4.79 Å². The first kappa shape index (κ1) is 29.3. The Morgan fingerprint density at radius 1 is 0.944 bits per heavy atom. The number of primary amides is 1. The molecule has 0 aromatic heterocycles. The Hall–Kier alpha value is -2.89. The standard InChI is InChI=1S/C17H19F.C13H25N3O2/c1-3-4-17(14-7-5-13(2)6-8-14)15-9-11-16(18)12-10-15;1-10(2)9-11(12(14)17)15-13(18)16-7-5-3-4-6-8-16/h5-12,17H,3-4H2,1-2H3;10-11H,3-9H2,1-2H3,(H2,14,17)(H,15,18). The molecule has 0 bridgehead atoms. The number of halogens is 1. The molecular formula is C30H44FN3O2. The molecule has 0 aliphatic carbocycles. The van der Waals surface area contributed by atoms with Crippen molar-refractivity contribution in [2.45, 2.75) is 84.6 Å². The van der Waals surface area contributed by atoms with Crippen molar-refractivity contribution in [1.29, 1.82) is 0 Å². The zero-order valence-electron chi connectivity index (χ0n) is 22.4. The zero-order valence-corrected chi connectivity index (χ0v) is 22.4. The van der Waals surface area contributed by atoms with Gasteiger partial charge in [0, 0.05) is 19.0 Å². The van der Waals surface area contributed by atoms with E-state index in [1.165, 1.54) is 29.5 Å². The molecule has 1 fully saturated rings. The minimum Gasteiger partial charge on any atom is -0.368 e. The monoisotopic (exact) mass is 497 g/mol. The number of carbonyl (C=O) groups excluding carboxylic acids is 2. The van der Waals surface area contributed by atoms with Gasteiger partial charge in [0.2, 0.25) is 5.91 Å². The molecule has 5 nitrogen and oxygen atoms in total. The molecule has 2 aromatic rings. The van der Waals surface area contributed by atoms with Crippen molar-refractivity contribution in [2.75, 3.05) is 13.1 Å². The van der Waals surface area contributed by atoms with Gasteiger partial charge in [-0.2, -0.15) is 0 Å². The van der Waals surface area contributed by atoms with Crippen molar-refractivity contribution in [2.24, 2.45) is 11.7 Å². The maximum absolute atomic E-state index is 13.0. The lowest BCUT2D eigenvalue weighted by Crippen LogP contribution is -2.50. The molecule has 6 heteroatoms. The fourth-order valence-electron chi connectivity index (χ4n) is 4.54. The van der Waals surface area contributed by atoms with E-state index in [9.17, 15) is 14.0 Å². The van der Waals surface area contributed by atoms with Gasteiger partial charge in [0.1, 0.15) is 11.9 Å². The molecule has 36 heavy (non-hydrogen) atoms. The molecule has 1 heterocycles. The number of hydrogen-bond donors (Lipinski definition) is 2. The Balaban J connectivity index is 0.000000254. The van der Waals surface area contributed by atoms with E-state index in [-0.39, 0.29) is 11.8 Å². The second kappa shape index (κ2) is 15.3. The topological polar surface area (TPSA) is 75.4 Å². The number of carbonyl (C=O) groups is 2. The Morgan fingerprint density at radius 2 is 1.47 bits per heavy atom. The number of rotatable bonds is 8. The fourth-order valence-corrected chi connectivity index (χ4v) is 4.54. The van der Waals surface area contributed by atoms with Gasteiger partial charge in [0.05, 0.1) is 0 Å². The molecule has 3 amide bonds. The highest BCUT2D eigenvalue weighted by molar-refractivity contribution is 5.85. The maximum Gasteiger partial charge on any atom is 0.318 e. The van der Waals surface area contributed by atoms with E-state index in [4.69, 9.17) is 5.73 Å². The van der Waals surface area contributed by atoms with Crippen molar-refractivity contribution in [1.82, 2.24) is 10.2 Å². The van der Waals surface area contributed by atoms with Gasteiger partial charge in [-0.3, -0.25) is 4.79 Å². The number of aryl methyl sites for hydroxylation is 1. The normalized spacial score (nSPS) is 15.3. The molecule has 2 aromatic carbocycles.